The van der Waals surface area contributed by atoms with Gasteiger partial charge >= 0.3 is 6.85 Å². The van der Waals surface area contributed by atoms with Crippen molar-refractivity contribution in [1.29, 1.82) is 0 Å². The van der Waals surface area contributed by atoms with Crippen LogP contribution in [-0.2, 0) is 5.41 Å². The Morgan fingerprint density at radius 2 is 1.16 bits per heavy atom. The van der Waals surface area contributed by atoms with Gasteiger partial charge in [0.2, 0.25) is 0 Å². The Bertz CT molecular complexity index is 3320. The van der Waals surface area contributed by atoms with Gasteiger partial charge in [-0.2, -0.15) is 0 Å². The van der Waals surface area contributed by atoms with Gasteiger partial charge < -0.3 is 9.38 Å². The number of hydrogen-bond acceptors (Lipinski definition) is 2. The number of hydrogen-bond donors (Lipinski definition) is 0. The van der Waals surface area contributed by atoms with Crippen molar-refractivity contribution in [2.45, 2.75) is 19.3 Å². The van der Waals surface area contributed by atoms with Gasteiger partial charge in [0.25, 0.3) is 0 Å². The van der Waals surface area contributed by atoms with Crippen molar-refractivity contribution in [3.63, 3.8) is 0 Å². The fourth-order valence-electron chi connectivity index (χ4n) is 10.7. The van der Waals surface area contributed by atoms with Crippen molar-refractivity contribution in [3.05, 3.63) is 187 Å². The Morgan fingerprint density at radius 3 is 1.96 bits per heavy atom. The summed E-state index contributed by atoms with van der Waals surface area (Å²) in [5.74, 6) is 0. The van der Waals surface area contributed by atoms with Gasteiger partial charge in [0, 0.05) is 49.0 Å². The topological polar surface area (TPSA) is 8.17 Å². The third kappa shape index (κ3) is 4.10. The van der Waals surface area contributed by atoms with Crippen LogP contribution in [0.2, 0.25) is 0 Å². The highest BCUT2D eigenvalue weighted by Gasteiger charge is 2.48. The van der Waals surface area contributed by atoms with Crippen LogP contribution in [0.1, 0.15) is 25.0 Å². The number of nitrogens with zero attached hydrogens (tertiary/aromatic N) is 2. The molecule has 0 fully saturated rings. The fourth-order valence-corrected chi connectivity index (χ4v) is 12.0. The van der Waals surface area contributed by atoms with Crippen molar-refractivity contribution >= 4 is 77.4 Å². The average molecular weight is 743 g/mol. The van der Waals surface area contributed by atoms with E-state index >= 15 is 0 Å². The highest BCUT2D eigenvalue weighted by molar-refractivity contribution is 7.27. The molecule has 1 aliphatic carbocycles. The number of fused-ring (bicyclic) bond motifs is 13. The first-order valence-electron chi connectivity index (χ1n) is 20.0. The van der Waals surface area contributed by atoms with E-state index in [1.807, 2.05) is 11.3 Å². The van der Waals surface area contributed by atoms with Crippen molar-refractivity contribution in [2.24, 2.45) is 0 Å². The second-order valence-corrected chi connectivity index (χ2v) is 17.5. The van der Waals surface area contributed by atoms with E-state index in [4.69, 9.17) is 0 Å². The summed E-state index contributed by atoms with van der Waals surface area (Å²) in [5.41, 5.74) is 22.1. The highest BCUT2D eigenvalue weighted by atomic mass is 32.1. The van der Waals surface area contributed by atoms with E-state index < -0.39 is 0 Å². The minimum Gasteiger partial charge on any atom is -0.374 e. The third-order valence-electron chi connectivity index (χ3n) is 13.1. The lowest BCUT2D eigenvalue weighted by Gasteiger charge is -2.42. The van der Waals surface area contributed by atoms with E-state index in [0.717, 1.165) is 5.69 Å². The first-order chi connectivity index (χ1) is 28.1. The van der Waals surface area contributed by atoms with Gasteiger partial charge in [0.15, 0.2) is 0 Å². The van der Waals surface area contributed by atoms with E-state index in [2.05, 4.69) is 199 Å². The lowest BCUT2D eigenvalue weighted by Crippen LogP contribution is -2.57. The normalized spacial score (nSPS) is 14.2. The maximum absolute atomic E-state index is 2.75. The van der Waals surface area contributed by atoms with E-state index in [9.17, 15) is 0 Å². The minimum atomic E-state index is -0.184. The Balaban J connectivity index is 1.20. The van der Waals surface area contributed by atoms with Crippen molar-refractivity contribution in [3.8, 4) is 44.5 Å². The Hall–Kier alpha value is -6.62. The van der Waals surface area contributed by atoms with Crippen LogP contribution in [-0.4, -0.2) is 11.3 Å². The molecule has 4 heteroatoms. The molecule has 0 amide bonds. The molecule has 3 aliphatic rings. The van der Waals surface area contributed by atoms with Gasteiger partial charge in [-0.25, -0.2) is 0 Å². The van der Waals surface area contributed by atoms with Crippen LogP contribution in [0, 0.1) is 0 Å². The standard InChI is InChI=1S/C53H35BN2S/c1-53(2)42-22-11-9-18-37(42)41-31-45-49-47(48(41)53)39-20-13-21-40-50(39)56(51-38-19-10-12-23-46(38)57-52(40)51)54(49)43-30-35(33-16-7-4-8-17-33)26-29-44(43)55(45)36-27-24-34(25-28-36)32-14-5-3-6-15-32/h3-31H,1-2H3. The molecule has 4 heterocycles. The lowest BCUT2D eigenvalue weighted by molar-refractivity contribution is 0.662. The quantitative estimate of drug-likeness (QED) is 0.164. The summed E-state index contributed by atoms with van der Waals surface area (Å²) in [6.07, 6.45) is 0. The second kappa shape index (κ2) is 11.2. The van der Waals surface area contributed by atoms with Crippen LogP contribution in [0.3, 0.4) is 0 Å². The number of para-hydroxylation sites is 1. The number of benzene rings is 8. The molecule has 57 heavy (non-hydrogen) atoms. The first kappa shape index (κ1) is 31.6. The summed E-state index contributed by atoms with van der Waals surface area (Å²) >= 11 is 1.94. The van der Waals surface area contributed by atoms with Gasteiger partial charge in [-0.05, 0) is 91.3 Å². The maximum Gasteiger partial charge on any atom is 0.333 e. The fraction of sp³-hybridized carbons (Fsp3) is 0.0566. The molecule has 0 saturated carbocycles. The molecular formula is C53H35BN2S. The molecule has 10 aromatic rings. The van der Waals surface area contributed by atoms with Crippen LogP contribution in [0.25, 0.3) is 75.7 Å². The Kier molecular flexibility index (Phi) is 6.23. The monoisotopic (exact) mass is 742 g/mol. The zero-order valence-electron chi connectivity index (χ0n) is 31.6. The molecule has 0 saturated heterocycles. The van der Waals surface area contributed by atoms with E-state index in [1.54, 1.807) is 0 Å². The molecule has 0 atom stereocenters. The second-order valence-electron chi connectivity index (χ2n) is 16.4. The Morgan fingerprint density at radius 1 is 0.509 bits per heavy atom. The summed E-state index contributed by atoms with van der Waals surface area (Å²) in [6.45, 7) is 4.85. The molecule has 2 aromatic heterocycles. The molecule has 0 bridgehead atoms. The number of rotatable bonds is 3. The van der Waals surface area contributed by atoms with Gasteiger partial charge in [-0.15, -0.1) is 11.3 Å². The van der Waals surface area contributed by atoms with Crippen LogP contribution in [0.4, 0.5) is 17.1 Å². The van der Waals surface area contributed by atoms with Crippen molar-refractivity contribution in [2.75, 3.05) is 4.90 Å². The van der Waals surface area contributed by atoms with Crippen LogP contribution in [0.5, 0.6) is 0 Å². The molecule has 2 aliphatic heterocycles. The molecule has 0 spiro atoms. The highest BCUT2D eigenvalue weighted by Crippen LogP contribution is 2.57. The van der Waals surface area contributed by atoms with Crippen molar-refractivity contribution < 1.29 is 0 Å². The number of anilines is 3. The van der Waals surface area contributed by atoms with Crippen molar-refractivity contribution in [1.82, 2.24) is 4.48 Å². The Labute approximate surface area is 336 Å². The summed E-state index contributed by atoms with van der Waals surface area (Å²) in [7, 11) is 0. The van der Waals surface area contributed by atoms with Gasteiger partial charge in [-0.3, -0.25) is 0 Å². The van der Waals surface area contributed by atoms with Gasteiger partial charge in [0.1, 0.15) is 0 Å². The molecule has 13 rings (SSSR count). The number of thiophene rings is 1. The predicted molar refractivity (Wildman–Crippen MR) is 244 cm³/mol. The minimum absolute atomic E-state index is 0.0359. The van der Waals surface area contributed by atoms with Gasteiger partial charge in [-0.1, -0.05) is 159 Å². The molecule has 0 radical (unpaired) electrons. The summed E-state index contributed by atoms with van der Waals surface area (Å²) in [6, 6.07) is 65.8. The molecule has 8 aromatic carbocycles. The molecule has 0 N–H and O–H groups in total. The molecule has 0 unspecified atom stereocenters. The number of aromatic nitrogens is 1. The SMILES string of the molecule is CC1(C)c2ccccc2-c2cc3c4c(c21)-c1cccc2c5sc6ccccc6c5n(c12)B4c1cc(-c2ccccc2)ccc1N3c1ccc(-c2ccccc2)cc1. The zero-order valence-corrected chi connectivity index (χ0v) is 32.4. The van der Waals surface area contributed by atoms with E-state index in [-0.39, 0.29) is 12.3 Å². The van der Waals surface area contributed by atoms with Crippen LogP contribution < -0.4 is 15.8 Å². The summed E-state index contributed by atoms with van der Waals surface area (Å²) < 4.78 is 5.46. The van der Waals surface area contributed by atoms with Crippen LogP contribution in [0.15, 0.2) is 176 Å². The third-order valence-corrected chi connectivity index (χ3v) is 14.3. The summed E-state index contributed by atoms with van der Waals surface area (Å²) in [4.78, 5) is 2.57. The summed E-state index contributed by atoms with van der Waals surface area (Å²) in [5, 5.41) is 2.68. The smallest absolute Gasteiger partial charge is 0.333 e. The van der Waals surface area contributed by atoms with E-state index in [0.29, 0.717) is 0 Å². The predicted octanol–water partition coefficient (Wildman–Crippen LogP) is 13.1. The zero-order chi connectivity index (χ0) is 37.6. The first-order valence-corrected chi connectivity index (χ1v) is 20.8. The molecule has 2 nitrogen and oxygen atoms in total. The average Bonchev–Trinajstić information content (AvgIpc) is 3.88. The molecule has 266 valence electrons. The van der Waals surface area contributed by atoms with Crippen LogP contribution >= 0.6 is 11.3 Å². The maximum atomic E-state index is 2.75. The van der Waals surface area contributed by atoms with Gasteiger partial charge in [0.05, 0.1) is 10.2 Å². The van der Waals surface area contributed by atoms with E-state index in [1.165, 1.54) is 109 Å². The largest absolute Gasteiger partial charge is 0.374 e. The molecular weight excluding hydrogens is 707 g/mol. The lowest BCUT2D eigenvalue weighted by atomic mass is 9.44.